The Hall–Kier alpha value is -0.570. The van der Waals surface area contributed by atoms with Crippen LogP contribution in [-0.2, 0) is 4.79 Å². The van der Waals surface area contributed by atoms with E-state index in [-0.39, 0.29) is 5.91 Å². The highest BCUT2D eigenvalue weighted by Crippen LogP contribution is 2.29. The molecule has 118 valence electrons. The molecule has 1 amide bonds. The van der Waals surface area contributed by atoms with Crippen molar-refractivity contribution in [2.45, 2.75) is 72.3 Å². The highest BCUT2D eigenvalue weighted by molar-refractivity contribution is 5.76. The van der Waals surface area contributed by atoms with Crippen molar-refractivity contribution in [1.82, 2.24) is 10.6 Å². The van der Waals surface area contributed by atoms with Gasteiger partial charge >= 0.3 is 0 Å². The van der Waals surface area contributed by atoms with Crippen LogP contribution in [0.2, 0.25) is 0 Å². The molecule has 0 radical (unpaired) electrons. The normalized spacial score (nSPS) is 23.3. The summed E-state index contributed by atoms with van der Waals surface area (Å²) in [5, 5.41) is 6.56. The Morgan fingerprint density at radius 2 is 1.90 bits per heavy atom. The summed E-state index contributed by atoms with van der Waals surface area (Å²) in [4.78, 5) is 11.6. The SMILES string of the molecule is CC(C)CNC(=O)CCNC1CCCC(CC(C)C)C1. The van der Waals surface area contributed by atoms with Gasteiger partial charge in [-0.15, -0.1) is 0 Å². The van der Waals surface area contributed by atoms with Crippen molar-refractivity contribution < 1.29 is 4.79 Å². The number of carbonyl (C=O) groups excluding carboxylic acids is 1. The van der Waals surface area contributed by atoms with Crippen LogP contribution in [0, 0.1) is 17.8 Å². The van der Waals surface area contributed by atoms with Crippen molar-refractivity contribution in [2.24, 2.45) is 17.8 Å². The van der Waals surface area contributed by atoms with E-state index >= 15 is 0 Å². The Morgan fingerprint density at radius 3 is 2.55 bits per heavy atom. The van der Waals surface area contributed by atoms with Crippen molar-refractivity contribution in [3.63, 3.8) is 0 Å². The first-order chi connectivity index (χ1) is 9.47. The first-order valence-electron chi connectivity index (χ1n) is 8.47. The second kappa shape index (κ2) is 9.38. The van der Waals surface area contributed by atoms with Gasteiger partial charge in [0.25, 0.3) is 0 Å². The van der Waals surface area contributed by atoms with Gasteiger partial charge in [0.2, 0.25) is 5.91 Å². The third kappa shape index (κ3) is 7.88. The Kier molecular flexibility index (Phi) is 8.20. The molecule has 3 heteroatoms. The molecule has 3 nitrogen and oxygen atoms in total. The van der Waals surface area contributed by atoms with E-state index in [9.17, 15) is 4.79 Å². The number of hydrogen-bond acceptors (Lipinski definition) is 2. The molecule has 1 aliphatic rings. The van der Waals surface area contributed by atoms with Gasteiger partial charge in [-0.3, -0.25) is 4.79 Å². The maximum Gasteiger partial charge on any atom is 0.221 e. The summed E-state index contributed by atoms with van der Waals surface area (Å²) in [5.41, 5.74) is 0. The van der Waals surface area contributed by atoms with Crippen LogP contribution in [0.3, 0.4) is 0 Å². The third-order valence-electron chi connectivity index (χ3n) is 4.08. The molecule has 1 saturated carbocycles. The second-order valence-electron chi connectivity index (χ2n) is 7.26. The summed E-state index contributed by atoms with van der Waals surface area (Å²) in [6.07, 6.45) is 7.28. The lowest BCUT2D eigenvalue weighted by molar-refractivity contribution is -0.121. The van der Waals surface area contributed by atoms with E-state index in [2.05, 4.69) is 38.3 Å². The fraction of sp³-hybridized carbons (Fsp3) is 0.941. The van der Waals surface area contributed by atoms with Crippen molar-refractivity contribution in [3.05, 3.63) is 0 Å². The molecule has 0 aromatic rings. The van der Waals surface area contributed by atoms with E-state index in [1.54, 1.807) is 0 Å². The molecule has 0 aromatic heterocycles. The Morgan fingerprint density at radius 1 is 1.15 bits per heavy atom. The molecule has 20 heavy (non-hydrogen) atoms. The standard InChI is InChI=1S/C17H34N2O/c1-13(2)10-15-6-5-7-16(11-15)18-9-8-17(20)19-12-14(3)4/h13-16,18H,5-12H2,1-4H3,(H,19,20). The van der Waals surface area contributed by atoms with Crippen LogP contribution in [0.1, 0.15) is 66.2 Å². The topological polar surface area (TPSA) is 41.1 Å². The summed E-state index contributed by atoms with van der Waals surface area (Å²) >= 11 is 0. The largest absolute Gasteiger partial charge is 0.356 e. The van der Waals surface area contributed by atoms with E-state index in [1.165, 1.54) is 32.1 Å². The summed E-state index contributed by atoms with van der Waals surface area (Å²) < 4.78 is 0. The molecule has 0 heterocycles. The summed E-state index contributed by atoms with van der Waals surface area (Å²) in [6.45, 7) is 10.5. The van der Waals surface area contributed by atoms with Crippen LogP contribution in [0.25, 0.3) is 0 Å². The van der Waals surface area contributed by atoms with Gasteiger partial charge in [0.15, 0.2) is 0 Å². The number of amides is 1. The lowest BCUT2D eigenvalue weighted by atomic mass is 9.81. The molecular weight excluding hydrogens is 248 g/mol. The predicted molar refractivity (Wildman–Crippen MR) is 85.7 cm³/mol. The summed E-state index contributed by atoms with van der Waals surface area (Å²) in [5.74, 6) is 2.40. The van der Waals surface area contributed by atoms with E-state index in [1.807, 2.05) is 0 Å². The molecule has 1 aliphatic carbocycles. The maximum atomic E-state index is 11.6. The van der Waals surface area contributed by atoms with Crippen molar-refractivity contribution in [1.29, 1.82) is 0 Å². The van der Waals surface area contributed by atoms with Gasteiger partial charge in [-0.05, 0) is 37.0 Å². The van der Waals surface area contributed by atoms with Crippen molar-refractivity contribution in [2.75, 3.05) is 13.1 Å². The minimum atomic E-state index is 0.181. The fourth-order valence-electron chi connectivity index (χ4n) is 3.15. The molecule has 2 N–H and O–H groups in total. The Balaban J connectivity index is 2.13. The van der Waals surface area contributed by atoms with Crippen LogP contribution in [-0.4, -0.2) is 25.0 Å². The summed E-state index contributed by atoms with van der Waals surface area (Å²) in [6, 6.07) is 0.630. The molecule has 1 fully saturated rings. The molecule has 0 aromatic carbocycles. The lowest BCUT2D eigenvalue weighted by Crippen LogP contribution is -2.37. The first kappa shape index (κ1) is 17.5. The molecule has 0 bridgehead atoms. The van der Waals surface area contributed by atoms with Gasteiger partial charge < -0.3 is 10.6 Å². The van der Waals surface area contributed by atoms with E-state index in [0.717, 1.165) is 24.9 Å². The van der Waals surface area contributed by atoms with Crippen LogP contribution >= 0.6 is 0 Å². The van der Waals surface area contributed by atoms with E-state index in [4.69, 9.17) is 0 Å². The van der Waals surface area contributed by atoms with Crippen LogP contribution in [0.15, 0.2) is 0 Å². The molecule has 0 saturated heterocycles. The molecule has 0 aliphatic heterocycles. The number of rotatable bonds is 8. The second-order valence-corrected chi connectivity index (χ2v) is 7.26. The quantitative estimate of drug-likeness (QED) is 0.717. The van der Waals surface area contributed by atoms with Gasteiger partial charge in [-0.25, -0.2) is 0 Å². The lowest BCUT2D eigenvalue weighted by Gasteiger charge is -2.30. The van der Waals surface area contributed by atoms with Crippen molar-refractivity contribution >= 4 is 5.91 Å². The third-order valence-corrected chi connectivity index (χ3v) is 4.08. The average Bonchev–Trinajstić information content (AvgIpc) is 2.36. The smallest absolute Gasteiger partial charge is 0.221 e. The monoisotopic (exact) mass is 282 g/mol. The zero-order valence-corrected chi connectivity index (χ0v) is 13.9. The first-order valence-corrected chi connectivity index (χ1v) is 8.47. The Labute approximate surface area is 125 Å². The minimum absolute atomic E-state index is 0.181. The number of hydrogen-bond donors (Lipinski definition) is 2. The Bertz CT molecular complexity index is 276. The molecule has 0 spiro atoms. The van der Waals surface area contributed by atoms with Gasteiger partial charge in [-0.2, -0.15) is 0 Å². The van der Waals surface area contributed by atoms with E-state index in [0.29, 0.717) is 18.4 Å². The minimum Gasteiger partial charge on any atom is -0.356 e. The van der Waals surface area contributed by atoms with Gasteiger partial charge in [0.05, 0.1) is 0 Å². The van der Waals surface area contributed by atoms with Crippen LogP contribution in [0.4, 0.5) is 0 Å². The van der Waals surface area contributed by atoms with Crippen LogP contribution < -0.4 is 10.6 Å². The van der Waals surface area contributed by atoms with Gasteiger partial charge in [-0.1, -0.05) is 40.5 Å². The molecule has 2 unspecified atom stereocenters. The molecular formula is C17H34N2O. The average molecular weight is 282 g/mol. The van der Waals surface area contributed by atoms with Gasteiger partial charge in [0, 0.05) is 25.6 Å². The summed E-state index contributed by atoms with van der Waals surface area (Å²) in [7, 11) is 0. The van der Waals surface area contributed by atoms with E-state index < -0.39 is 0 Å². The highest BCUT2D eigenvalue weighted by Gasteiger charge is 2.22. The fourth-order valence-corrected chi connectivity index (χ4v) is 3.15. The zero-order chi connectivity index (χ0) is 15.0. The van der Waals surface area contributed by atoms with Crippen molar-refractivity contribution in [3.8, 4) is 0 Å². The van der Waals surface area contributed by atoms with Crippen LogP contribution in [0.5, 0.6) is 0 Å². The number of nitrogens with one attached hydrogen (secondary N) is 2. The molecule has 1 rings (SSSR count). The zero-order valence-electron chi connectivity index (χ0n) is 13.9. The highest BCUT2D eigenvalue weighted by atomic mass is 16.1. The van der Waals surface area contributed by atoms with Gasteiger partial charge in [0.1, 0.15) is 0 Å². The predicted octanol–water partition coefficient (Wildman–Crippen LogP) is 3.34. The number of carbonyl (C=O) groups is 1. The molecule has 2 atom stereocenters. The maximum absolute atomic E-state index is 11.6.